The van der Waals surface area contributed by atoms with Crippen LogP contribution in [0.15, 0.2) is 42.5 Å². The molecule has 0 unspecified atom stereocenters. The largest absolute Gasteiger partial charge is 0.326 e. The molecule has 0 saturated heterocycles. The van der Waals surface area contributed by atoms with E-state index in [2.05, 4.69) is 56.3 Å². The summed E-state index contributed by atoms with van der Waals surface area (Å²) in [6, 6.07) is 15.3. The summed E-state index contributed by atoms with van der Waals surface area (Å²) < 4.78 is 0. The first kappa shape index (κ1) is 12.8. The van der Waals surface area contributed by atoms with Gasteiger partial charge in [0.2, 0.25) is 0 Å². The molecule has 0 atom stereocenters. The Bertz CT molecular complexity index is 512. The van der Waals surface area contributed by atoms with Gasteiger partial charge in [-0.3, -0.25) is 0 Å². The minimum absolute atomic E-state index is 0.590. The molecule has 0 saturated carbocycles. The maximum atomic E-state index is 5.82. The van der Waals surface area contributed by atoms with Crippen LogP contribution in [0.2, 0.25) is 0 Å². The lowest BCUT2D eigenvalue weighted by atomic mass is 9.96. The Balaban J connectivity index is 2.38. The number of aryl methyl sites for hydroxylation is 2. The summed E-state index contributed by atoms with van der Waals surface area (Å²) >= 11 is 0. The lowest BCUT2D eigenvalue weighted by Crippen LogP contribution is -1.99. The third-order valence-corrected chi connectivity index (χ3v) is 3.29. The van der Waals surface area contributed by atoms with Gasteiger partial charge in [0.25, 0.3) is 0 Å². The van der Waals surface area contributed by atoms with E-state index in [1.165, 1.54) is 34.2 Å². The Morgan fingerprint density at radius 3 is 2.33 bits per heavy atom. The Labute approximate surface area is 110 Å². The van der Waals surface area contributed by atoms with E-state index in [-0.39, 0.29) is 0 Å². The zero-order chi connectivity index (χ0) is 13.0. The first-order valence-electron chi connectivity index (χ1n) is 6.63. The van der Waals surface area contributed by atoms with E-state index >= 15 is 0 Å². The third-order valence-electron chi connectivity index (χ3n) is 3.29. The molecule has 0 aromatic heterocycles. The average Bonchev–Trinajstić information content (AvgIpc) is 2.40. The fourth-order valence-electron chi connectivity index (χ4n) is 2.28. The lowest BCUT2D eigenvalue weighted by Gasteiger charge is -2.10. The van der Waals surface area contributed by atoms with Crippen molar-refractivity contribution in [2.45, 2.75) is 33.2 Å². The lowest BCUT2D eigenvalue weighted by molar-refractivity contribution is 0.922. The molecular formula is C17H21N. The van der Waals surface area contributed by atoms with Gasteiger partial charge >= 0.3 is 0 Å². The fraction of sp³-hybridized carbons (Fsp3) is 0.294. The molecule has 0 bridgehead atoms. The topological polar surface area (TPSA) is 26.0 Å². The number of hydrogen-bond donors (Lipinski definition) is 1. The van der Waals surface area contributed by atoms with Crippen LogP contribution < -0.4 is 5.73 Å². The maximum Gasteiger partial charge on any atom is 0.0184 e. The first-order chi connectivity index (χ1) is 8.74. The van der Waals surface area contributed by atoms with Crippen LogP contribution in [0, 0.1) is 6.92 Å². The molecule has 0 amide bonds. The molecule has 2 rings (SSSR count). The minimum Gasteiger partial charge on any atom is -0.326 e. The van der Waals surface area contributed by atoms with E-state index in [1.807, 2.05) is 0 Å². The van der Waals surface area contributed by atoms with Gasteiger partial charge in [0, 0.05) is 6.54 Å². The standard InChI is InChI=1S/C17H21N/c1-3-4-14-6-9-15(10-7-14)17-11-13(2)5-8-16(17)12-18/h5-11H,3-4,12,18H2,1-2H3. The zero-order valence-corrected chi connectivity index (χ0v) is 11.2. The van der Waals surface area contributed by atoms with Gasteiger partial charge in [-0.2, -0.15) is 0 Å². The number of rotatable bonds is 4. The van der Waals surface area contributed by atoms with E-state index in [0.29, 0.717) is 6.54 Å². The van der Waals surface area contributed by atoms with Crippen molar-refractivity contribution < 1.29 is 0 Å². The van der Waals surface area contributed by atoms with E-state index in [9.17, 15) is 0 Å². The smallest absolute Gasteiger partial charge is 0.0184 e. The van der Waals surface area contributed by atoms with Crippen LogP contribution in [-0.4, -0.2) is 0 Å². The first-order valence-corrected chi connectivity index (χ1v) is 6.63. The predicted octanol–water partition coefficient (Wildman–Crippen LogP) is 4.07. The van der Waals surface area contributed by atoms with Crippen LogP contribution >= 0.6 is 0 Å². The molecule has 1 heteroatoms. The Morgan fingerprint density at radius 2 is 1.72 bits per heavy atom. The normalized spacial score (nSPS) is 10.6. The van der Waals surface area contributed by atoms with Gasteiger partial charge in [-0.25, -0.2) is 0 Å². The second-order valence-electron chi connectivity index (χ2n) is 4.81. The summed E-state index contributed by atoms with van der Waals surface area (Å²) in [6.07, 6.45) is 2.34. The monoisotopic (exact) mass is 239 g/mol. The van der Waals surface area contributed by atoms with E-state index in [1.54, 1.807) is 0 Å². The molecular weight excluding hydrogens is 218 g/mol. The molecule has 0 aliphatic heterocycles. The molecule has 2 N–H and O–H groups in total. The molecule has 0 spiro atoms. The SMILES string of the molecule is CCCc1ccc(-c2cc(C)ccc2CN)cc1. The summed E-state index contributed by atoms with van der Waals surface area (Å²) in [6.45, 7) is 4.92. The van der Waals surface area contributed by atoms with Crippen LogP contribution in [0.5, 0.6) is 0 Å². The molecule has 1 nitrogen and oxygen atoms in total. The highest BCUT2D eigenvalue weighted by Gasteiger charge is 2.04. The van der Waals surface area contributed by atoms with Gasteiger partial charge in [0.15, 0.2) is 0 Å². The van der Waals surface area contributed by atoms with Crippen LogP contribution in [0.25, 0.3) is 11.1 Å². The predicted molar refractivity (Wildman–Crippen MR) is 78.5 cm³/mol. The number of nitrogens with two attached hydrogens (primary N) is 1. The van der Waals surface area contributed by atoms with Crippen molar-refractivity contribution in [2.75, 3.05) is 0 Å². The molecule has 0 radical (unpaired) electrons. The Hall–Kier alpha value is -1.60. The summed E-state index contributed by atoms with van der Waals surface area (Å²) in [5, 5.41) is 0. The van der Waals surface area contributed by atoms with Gasteiger partial charge in [-0.15, -0.1) is 0 Å². The maximum absolute atomic E-state index is 5.82. The van der Waals surface area contributed by atoms with E-state index in [0.717, 1.165) is 6.42 Å². The van der Waals surface area contributed by atoms with Crippen molar-refractivity contribution in [1.82, 2.24) is 0 Å². The summed E-state index contributed by atoms with van der Waals surface area (Å²) in [4.78, 5) is 0. The van der Waals surface area contributed by atoms with Crippen LogP contribution in [0.1, 0.15) is 30.0 Å². The molecule has 2 aromatic carbocycles. The highest BCUT2D eigenvalue weighted by atomic mass is 14.5. The van der Waals surface area contributed by atoms with Gasteiger partial charge in [-0.05, 0) is 35.6 Å². The molecule has 18 heavy (non-hydrogen) atoms. The van der Waals surface area contributed by atoms with Crippen molar-refractivity contribution in [3.8, 4) is 11.1 Å². The van der Waals surface area contributed by atoms with Crippen molar-refractivity contribution >= 4 is 0 Å². The molecule has 0 aliphatic rings. The van der Waals surface area contributed by atoms with Gasteiger partial charge in [0.05, 0.1) is 0 Å². The Morgan fingerprint density at radius 1 is 1.00 bits per heavy atom. The van der Waals surface area contributed by atoms with Crippen molar-refractivity contribution in [1.29, 1.82) is 0 Å². The van der Waals surface area contributed by atoms with E-state index < -0.39 is 0 Å². The fourth-order valence-corrected chi connectivity index (χ4v) is 2.28. The third kappa shape index (κ3) is 2.80. The van der Waals surface area contributed by atoms with Crippen LogP contribution in [0.3, 0.4) is 0 Å². The van der Waals surface area contributed by atoms with Crippen molar-refractivity contribution in [3.05, 3.63) is 59.2 Å². The summed E-state index contributed by atoms with van der Waals surface area (Å²) in [5.41, 5.74) is 12.2. The van der Waals surface area contributed by atoms with Crippen LogP contribution in [0.4, 0.5) is 0 Å². The van der Waals surface area contributed by atoms with Gasteiger partial charge in [0.1, 0.15) is 0 Å². The molecule has 2 aromatic rings. The summed E-state index contributed by atoms with van der Waals surface area (Å²) in [5.74, 6) is 0. The quantitative estimate of drug-likeness (QED) is 0.855. The van der Waals surface area contributed by atoms with Gasteiger partial charge < -0.3 is 5.73 Å². The molecule has 0 aliphatic carbocycles. The Kier molecular flexibility index (Phi) is 4.16. The van der Waals surface area contributed by atoms with Crippen molar-refractivity contribution in [3.63, 3.8) is 0 Å². The summed E-state index contributed by atoms with van der Waals surface area (Å²) in [7, 11) is 0. The highest BCUT2D eigenvalue weighted by Crippen LogP contribution is 2.25. The second-order valence-corrected chi connectivity index (χ2v) is 4.81. The number of hydrogen-bond acceptors (Lipinski definition) is 1. The minimum atomic E-state index is 0.590. The average molecular weight is 239 g/mol. The van der Waals surface area contributed by atoms with Gasteiger partial charge in [-0.1, -0.05) is 61.4 Å². The van der Waals surface area contributed by atoms with Crippen molar-refractivity contribution in [2.24, 2.45) is 5.73 Å². The molecule has 0 heterocycles. The van der Waals surface area contributed by atoms with E-state index in [4.69, 9.17) is 5.73 Å². The molecule has 0 fully saturated rings. The highest BCUT2D eigenvalue weighted by molar-refractivity contribution is 5.68. The van der Waals surface area contributed by atoms with Crippen LogP contribution in [-0.2, 0) is 13.0 Å². The zero-order valence-electron chi connectivity index (χ0n) is 11.2. The number of benzene rings is 2. The second kappa shape index (κ2) is 5.83. The molecule has 94 valence electrons.